The summed E-state index contributed by atoms with van der Waals surface area (Å²) < 4.78 is 0. The van der Waals surface area contributed by atoms with Crippen LogP contribution in [0.4, 0.5) is 11.5 Å². The highest BCUT2D eigenvalue weighted by molar-refractivity contribution is 7.16. The second kappa shape index (κ2) is 4.63. The molecular weight excluding hydrogens is 254 g/mol. The summed E-state index contributed by atoms with van der Waals surface area (Å²) in [6.45, 7) is 6.36. The number of fused-ring (bicyclic) bond motifs is 1. The average molecular weight is 269 g/mol. The average Bonchev–Trinajstić information content (AvgIpc) is 2.82. The highest BCUT2D eigenvalue weighted by atomic mass is 32.1. The van der Waals surface area contributed by atoms with E-state index in [0.29, 0.717) is 0 Å². The zero-order valence-electron chi connectivity index (χ0n) is 11.2. The molecule has 0 bridgehead atoms. The van der Waals surface area contributed by atoms with Crippen LogP contribution in [0.25, 0.3) is 10.2 Å². The van der Waals surface area contributed by atoms with Gasteiger partial charge in [-0.05, 0) is 43.3 Å². The van der Waals surface area contributed by atoms with Gasteiger partial charge < -0.3 is 5.32 Å². The number of rotatable bonds is 2. The molecule has 2 aromatic heterocycles. The van der Waals surface area contributed by atoms with Gasteiger partial charge in [0.2, 0.25) is 0 Å². The lowest BCUT2D eigenvalue weighted by atomic mass is 10.1. The number of nitrogens with one attached hydrogen (secondary N) is 1. The van der Waals surface area contributed by atoms with Crippen LogP contribution in [0.15, 0.2) is 29.9 Å². The van der Waals surface area contributed by atoms with Crippen LogP contribution >= 0.6 is 11.3 Å². The van der Waals surface area contributed by atoms with E-state index in [2.05, 4.69) is 54.3 Å². The summed E-state index contributed by atoms with van der Waals surface area (Å²) in [5.74, 6) is 0.876. The van der Waals surface area contributed by atoms with Crippen LogP contribution in [-0.2, 0) is 0 Å². The third-order valence-electron chi connectivity index (χ3n) is 3.18. The van der Waals surface area contributed by atoms with E-state index < -0.39 is 0 Å². The van der Waals surface area contributed by atoms with Gasteiger partial charge in [-0.2, -0.15) is 0 Å². The fourth-order valence-corrected chi connectivity index (χ4v) is 3.12. The summed E-state index contributed by atoms with van der Waals surface area (Å²) in [6.07, 6.45) is 1.61. The summed E-state index contributed by atoms with van der Waals surface area (Å²) >= 11 is 1.63. The van der Waals surface area contributed by atoms with Crippen LogP contribution in [0.2, 0.25) is 0 Å². The van der Waals surface area contributed by atoms with Gasteiger partial charge in [0, 0.05) is 5.69 Å². The minimum absolute atomic E-state index is 0.876. The first-order valence-electron chi connectivity index (χ1n) is 6.18. The number of aromatic nitrogens is 2. The summed E-state index contributed by atoms with van der Waals surface area (Å²) in [7, 11) is 0. The fourth-order valence-electron chi connectivity index (χ4n) is 2.39. The molecule has 19 heavy (non-hydrogen) atoms. The number of hydrogen-bond donors (Lipinski definition) is 1. The molecule has 0 unspecified atom stereocenters. The maximum Gasteiger partial charge on any atom is 0.142 e. The second-order valence-corrected chi connectivity index (χ2v) is 5.65. The number of thiophene rings is 1. The minimum atomic E-state index is 0.876. The van der Waals surface area contributed by atoms with E-state index in [1.165, 1.54) is 16.7 Å². The summed E-state index contributed by atoms with van der Waals surface area (Å²) in [5.41, 5.74) is 4.89. The standard InChI is InChI=1S/C15H15N3S/c1-9-6-10(2)13(11(3)7-9)18-14-12-4-5-19-15(12)17-8-16-14/h4-8H,1-3H3,(H,16,17,18). The van der Waals surface area contributed by atoms with Crippen LogP contribution in [0, 0.1) is 20.8 Å². The van der Waals surface area contributed by atoms with E-state index in [0.717, 1.165) is 21.7 Å². The second-order valence-electron chi connectivity index (χ2n) is 4.76. The summed E-state index contributed by atoms with van der Waals surface area (Å²) in [6, 6.07) is 6.42. The maximum atomic E-state index is 4.36. The molecule has 0 fully saturated rings. The molecule has 3 rings (SSSR count). The number of benzene rings is 1. The summed E-state index contributed by atoms with van der Waals surface area (Å²) in [4.78, 5) is 9.65. The van der Waals surface area contributed by atoms with Crippen molar-refractivity contribution in [2.45, 2.75) is 20.8 Å². The monoisotopic (exact) mass is 269 g/mol. The van der Waals surface area contributed by atoms with Gasteiger partial charge >= 0.3 is 0 Å². The molecule has 0 amide bonds. The van der Waals surface area contributed by atoms with Crippen molar-refractivity contribution in [3.63, 3.8) is 0 Å². The van der Waals surface area contributed by atoms with Gasteiger partial charge in [-0.1, -0.05) is 17.7 Å². The Labute approximate surface area is 116 Å². The molecule has 0 aliphatic carbocycles. The molecule has 0 radical (unpaired) electrons. The molecule has 4 heteroatoms. The number of nitrogens with zero attached hydrogens (tertiary/aromatic N) is 2. The number of aryl methyl sites for hydroxylation is 3. The molecule has 0 saturated carbocycles. The smallest absolute Gasteiger partial charge is 0.142 e. The van der Waals surface area contributed by atoms with Crippen molar-refractivity contribution in [1.29, 1.82) is 0 Å². The van der Waals surface area contributed by atoms with E-state index in [4.69, 9.17) is 0 Å². The largest absolute Gasteiger partial charge is 0.339 e. The van der Waals surface area contributed by atoms with Crippen LogP contribution in [0.5, 0.6) is 0 Å². The van der Waals surface area contributed by atoms with E-state index in [-0.39, 0.29) is 0 Å². The molecule has 1 N–H and O–H groups in total. The molecule has 1 aromatic carbocycles. The molecule has 0 aliphatic rings. The van der Waals surface area contributed by atoms with Gasteiger partial charge in [-0.15, -0.1) is 11.3 Å². The van der Waals surface area contributed by atoms with Gasteiger partial charge in [0.25, 0.3) is 0 Å². The highest BCUT2D eigenvalue weighted by Crippen LogP contribution is 2.29. The van der Waals surface area contributed by atoms with Crippen molar-refractivity contribution in [1.82, 2.24) is 9.97 Å². The quantitative estimate of drug-likeness (QED) is 0.751. The Bertz CT molecular complexity index is 723. The topological polar surface area (TPSA) is 37.8 Å². The first-order valence-corrected chi connectivity index (χ1v) is 7.06. The molecule has 0 aliphatic heterocycles. The predicted molar refractivity (Wildman–Crippen MR) is 81.4 cm³/mol. The highest BCUT2D eigenvalue weighted by Gasteiger charge is 2.08. The van der Waals surface area contributed by atoms with Crippen molar-refractivity contribution < 1.29 is 0 Å². The molecule has 0 atom stereocenters. The molecule has 3 aromatic rings. The van der Waals surface area contributed by atoms with Crippen molar-refractivity contribution in [3.8, 4) is 0 Å². The molecular formula is C15H15N3S. The lowest BCUT2D eigenvalue weighted by Crippen LogP contribution is -1.99. The zero-order chi connectivity index (χ0) is 13.4. The van der Waals surface area contributed by atoms with Crippen molar-refractivity contribution >= 4 is 33.1 Å². The SMILES string of the molecule is Cc1cc(C)c(Nc2ncnc3sccc23)c(C)c1. The predicted octanol–water partition coefficient (Wildman–Crippen LogP) is 4.36. The van der Waals surface area contributed by atoms with Crippen LogP contribution in [-0.4, -0.2) is 9.97 Å². The number of anilines is 2. The zero-order valence-corrected chi connectivity index (χ0v) is 12.0. The van der Waals surface area contributed by atoms with Crippen molar-refractivity contribution in [2.24, 2.45) is 0 Å². The van der Waals surface area contributed by atoms with Gasteiger partial charge in [0.15, 0.2) is 0 Å². The molecule has 0 spiro atoms. The Morgan fingerprint density at radius 2 is 1.79 bits per heavy atom. The third kappa shape index (κ3) is 2.19. The van der Waals surface area contributed by atoms with Crippen LogP contribution in [0.3, 0.4) is 0 Å². The van der Waals surface area contributed by atoms with Gasteiger partial charge in [0.1, 0.15) is 17.0 Å². The Morgan fingerprint density at radius 1 is 1.05 bits per heavy atom. The van der Waals surface area contributed by atoms with E-state index in [1.807, 2.05) is 5.38 Å². The molecule has 2 heterocycles. The number of hydrogen-bond acceptors (Lipinski definition) is 4. The third-order valence-corrected chi connectivity index (χ3v) is 4.00. The Morgan fingerprint density at radius 3 is 2.53 bits per heavy atom. The van der Waals surface area contributed by atoms with E-state index >= 15 is 0 Å². The Balaban J connectivity index is 2.09. The lowest BCUT2D eigenvalue weighted by molar-refractivity contribution is 1.22. The Kier molecular flexibility index (Phi) is 2.95. The van der Waals surface area contributed by atoms with Crippen LogP contribution in [0.1, 0.15) is 16.7 Å². The first-order chi connectivity index (χ1) is 9.15. The normalized spacial score (nSPS) is 10.9. The van der Waals surface area contributed by atoms with Gasteiger partial charge in [-0.25, -0.2) is 9.97 Å². The first kappa shape index (κ1) is 12.1. The van der Waals surface area contributed by atoms with E-state index in [1.54, 1.807) is 17.7 Å². The van der Waals surface area contributed by atoms with E-state index in [9.17, 15) is 0 Å². The molecule has 96 valence electrons. The van der Waals surface area contributed by atoms with Gasteiger partial charge in [-0.3, -0.25) is 0 Å². The van der Waals surface area contributed by atoms with Crippen molar-refractivity contribution in [3.05, 3.63) is 46.6 Å². The maximum absolute atomic E-state index is 4.36. The van der Waals surface area contributed by atoms with Crippen LogP contribution < -0.4 is 5.32 Å². The fraction of sp³-hybridized carbons (Fsp3) is 0.200. The Hall–Kier alpha value is -1.94. The molecule has 3 nitrogen and oxygen atoms in total. The minimum Gasteiger partial charge on any atom is -0.339 e. The summed E-state index contributed by atoms with van der Waals surface area (Å²) in [5, 5.41) is 6.57. The van der Waals surface area contributed by atoms with Gasteiger partial charge in [0.05, 0.1) is 5.39 Å². The van der Waals surface area contributed by atoms with Crippen molar-refractivity contribution in [2.75, 3.05) is 5.32 Å². The molecule has 0 saturated heterocycles. The lowest BCUT2D eigenvalue weighted by Gasteiger charge is -2.13.